The maximum Gasteiger partial charge on any atom is 0.312 e. The average Bonchev–Trinajstić information content (AvgIpc) is 3.26. The van der Waals surface area contributed by atoms with Crippen LogP contribution in [-0.2, 0) is 9.53 Å². The third-order valence-corrected chi connectivity index (χ3v) is 3.66. The van der Waals surface area contributed by atoms with Crippen LogP contribution in [0, 0.1) is 5.92 Å². The Labute approximate surface area is 120 Å². The molecule has 1 atom stereocenters. The van der Waals surface area contributed by atoms with E-state index in [1.165, 1.54) is 12.8 Å². The molecule has 1 saturated carbocycles. The number of aliphatic carboxylic acids is 1. The highest BCUT2D eigenvalue weighted by Gasteiger charge is 2.22. The number of carboxylic acid groups (broad SMARTS) is 1. The molecular weight excluding hydrogens is 254 g/mol. The number of hydrogen-bond donors (Lipinski definition) is 1. The molecule has 1 aromatic rings. The highest BCUT2D eigenvalue weighted by atomic mass is 16.5. The number of carbonyl (C=O) groups is 1. The number of benzene rings is 1. The van der Waals surface area contributed by atoms with Crippen LogP contribution in [0.1, 0.15) is 24.3 Å². The van der Waals surface area contributed by atoms with Crippen molar-refractivity contribution in [2.45, 2.75) is 18.8 Å². The summed E-state index contributed by atoms with van der Waals surface area (Å²) in [6, 6.07) is 9.40. The number of rotatable bonds is 9. The molecule has 1 aromatic carbocycles. The molecule has 4 heteroatoms. The van der Waals surface area contributed by atoms with Gasteiger partial charge in [0.1, 0.15) is 0 Å². The minimum atomic E-state index is -0.776. The van der Waals surface area contributed by atoms with Crippen LogP contribution in [0.4, 0.5) is 0 Å². The standard InChI is InChI=1S/C16H23NO3/c1-17(9-10-20-12-13-7-8-13)11-15(16(18)19)14-5-3-2-4-6-14/h2-6,13,15H,7-12H2,1H3,(H,18,19). The van der Waals surface area contributed by atoms with Gasteiger partial charge in [0.15, 0.2) is 0 Å². The zero-order valence-electron chi connectivity index (χ0n) is 12.0. The van der Waals surface area contributed by atoms with Crippen molar-refractivity contribution < 1.29 is 14.6 Å². The second-order valence-electron chi connectivity index (χ2n) is 5.58. The fraction of sp³-hybridized carbons (Fsp3) is 0.562. The highest BCUT2D eigenvalue weighted by molar-refractivity contribution is 5.76. The van der Waals surface area contributed by atoms with E-state index in [-0.39, 0.29) is 0 Å². The summed E-state index contributed by atoms with van der Waals surface area (Å²) in [5.41, 5.74) is 0.853. The van der Waals surface area contributed by atoms with E-state index in [0.29, 0.717) is 13.2 Å². The summed E-state index contributed by atoms with van der Waals surface area (Å²) in [6.07, 6.45) is 2.59. The molecule has 1 unspecified atom stereocenters. The lowest BCUT2D eigenvalue weighted by Gasteiger charge is -2.21. The van der Waals surface area contributed by atoms with Gasteiger partial charge in [0.05, 0.1) is 12.5 Å². The van der Waals surface area contributed by atoms with E-state index in [1.54, 1.807) is 0 Å². The van der Waals surface area contributed by atoms with Gasteiger partial charge >= 0.3 is 5.97 Å². The first-order valence-corrected chi connectivity index (χ1v) is 7.21. The minimum absolute atomic E-state index is 0.482. The van der Waals surface area contributed by atoms with Crippen LogP contribution < -0.4 is 0 Å². The molecular formula is C16H23NO3. The van der Waals surface area contributed by atoms with Crippen molar-refractivity contribution in [2.75, 3.05) is 33.4 Å². The zero-order valence-corrected chi connectivity index (χ0v) is 12.0. The topological polar surface area (TPSA) is 49.8 Å². The molecule has 1 fully saturated rings. The van der Waals surface area contributed by atoms with Crippen molar-refractivity contribution in [1.82, 2.24) is 4.90 Å². The predicted octanol–water partition coefficient (Wildman–Crippen LogP) is 2.21. The number of likely N-dealkylation sites (N-methyl/N-ethyl adjacent to an activating group) is 1. The Bertz CT molecular complexity index is 417. The van der Waals surface area contributed by atoms with Crippen LogP contribution in [0.2, 0.25) is 0 Å². The SMILES string of the molecule is CN(CCOCC1CC1)CC(C(=O)O)c1ccccc1. The molecule has 0 aliphatic heterocycles. The molecule has 1 N–H and O–H groups in total. The maximum absolute atomic E-state index is 11.4. The lowest BCUT2D eigenvalue weighted by Crippen LogP contribution is -2.31. The molecule has 0 spiro atoms. The van der Waals surface area contributed by atoms with Gasteiger partial charge in [0.2, 0.25) is 0 Å². The molecule has 0 amide bonds. The largest absolute Gasteiger partial charge is 0.481 e. The molecule has 0 heterocycles. The first-order chi connectivity index (χ1) is 9.66. The first-order valence-electron chi connectivity index (χ1n) is 7.21. The number of hydrogen-bond acceptors (Lipinski definition) is 3. The molecule has 1 aliphatic rings. The number of carboxylic acids is 1. The maximum atomic E-state index is 11.4. The van der Waals surface area contributed by atoms with Crippen LogP contribution in [0.25, 0.3) is 0 Å². The van der Waals surface area contributed by atoms with Crippen molar-refractivity contribution in [2.24, 2.45) is 5.92 Å². The van der Waals surface area contributed by atoms with Gasteiger partial charge in [0, 0.05) is 19.7 Å². The average molecular weight is 277 g/mol. The van der Waals surface area contributed by atoms with Gasteiger partial charge in [-0.3, -0.25) is 4.79 Å². The fourth-order valence-electron chi connectivity index (χ4n) is 2.17. The Balaban J connectivity index is 1.76. The monoisotopic (exact) mass is 277 g/mol. The van der Waals surface area contributed by atoms with E-state index in [1.807, 2.05) is 42.3 Å². The summed E-state index contributed by atoms with van der Waals surface area (Å²) in [4.78, 5) is 13.4. The fourth-order valence-corrected chi connectivity index (χ4v) is 2.17. The number of nitrogens with zero attached hydrogens (tertiary/aromatic N) is 1. The Morgan fingerprint density at radius 1 is 1.40 bits per heavy atom. The zero-order chi connectivity index (χ0) is 14.4. The van der Waals surface area contributed by atoms with Crippen molar-refractivity contribution in [3.05, 3.63) is 35.9 Å². The molecule has 20 heavy (non-hydrogen) atoms. The third kappa shape index (κ3) is 4.94. The Kier molecular flexibility index (Phi) is 5.56. The normalized spacial score (nSPS) is 16.3. The summed E-state index contributed by atoms with van der Waals surface area (Å²) >= 11 is 0. The van der Waals surface area contributed by atoms with Gasteiger partial charge in [0.25, 0.3) is 0 Å². The van der Waals surface area contributed by atoms with Gasteiger partial charge < -0.3 is 14.7 Å². The van der Waals surface area contributed by atoms with E-state index in [9.17, 15) is 9.90 Å². The summed E-state index contributed by atoms with van der Waals surface area (Å²) in [5.74, 6) is -0.483. The van der Waals surface area contributed by atoms with Crippen molar-refractivity contribution in [1.29, 1.82) is 0 Å². The molecule has 110 valence electrons. The van der Waals surface area contributed by atoms with Crippen molar-refractivity contribution in [3.63, 3.8) is 0 Å². The van der Waals surface area contributed by atoms with Crippen molar-refractivity contribution >= 4 is 5.97 Å². The summed E-state index contributed by atoms with van der Waals surface area (Å²) in [7, 11) is 1.94. The van der Waals surface area contributed by atoms with Gasteiger partial charge in [-0.25, -0.2) is 0 Å². The second kappa shape index (κ2) is 7.41. The lowest BCUT2D eigenvalue weighted by atomic mass is 9.99. The molecule has 0 saturated heterocycles. The summed E-state index contributed by atoms with van der Waals surface area (Å²) < 4.78 is 5.59. The van der Waals surface area contributed by atoms with Gasteiger partial charge in [-0.1, -0.05) is 30.3 Å². The van der Waals surface area contributed by atoms with Gasteiger partial charge in [-0.05, 0) is 31.4 Å². The van der Waals surface area contributed by atoms with E-state index < -0.39 is 11.9 Å². The van der Waals surface area contributed by atoms with Crippen LogP contribution >= 0.6 is 0 Å². The van der Waals surface area contributed by atoms with E-state index in [2.05, 4.69) is 0 Å². The van der Waals surface area contributed by atoms with Gasteiger partial charge in [-0.2, -0.15) is 0 Å². The Morgan fingerprint density at radius 2 is 2.10 bits per heavy atom. The molecule has 1 aliphatic carbocycles. The quantitative estimate of drug-likeness (QED) is 0.703. The molecule has 2 rings (SSSR count). The second-order valence-corrected chi connectivity index (χ2v) is 5.58. The minimum Gasteiger partial charge on any atom is -0.481 e. The third-order valence-electron chi connectivity index (χ3n) is 3.66. The lowest BCUT2D eigenvalue weighted by molar-refractivity contribution is -0.139. The molecule has 4 nitrogen and oxygen atoms in total. The predicted molar refractivity (Wildman–Crippen MR) is 77.9 cm³/mol. The molecule has 0 bridgehead atoms. The highest BCUT2D eigenvalue weighted by Crippen LogP contribution is 2.28. The Hall–Kier alpha value is -1.39. The van der Waals surface area contributed by atoms with E-state index in [4.69, 9.17) is 4.74 Å². The van der Waals surface area contributed by atoms with Crippen LogP contribution in [0.5, 0.6) is 0 Å². The van der Waals surface area contributed by atoms with Crippen LogP contribution in [0.15, 0.2) is 30.3 Å². The van der Waals surface area contributed by atoms with Crippen LogP contribution in [0.3, 0.4) is 0 Å². The van der Waals surface area contributed by atoms with Crippen molar-refractivity contribution in [3.8, 4) is 0 Å². The van der Waals surface area contributed by atoms with E-state index in [0.717, 1.165) is 24.6 Å². The number of ether oxygens (including phenoxy) is 1. The molecule has 0 aromatic heterocycles. The summed E-state index contributed by atoms with van der Waals surface area (Å²) in [6.45, 7) is 2.80. The molecule has 0 radical (unpaired) electrons. The smallest absolute Gasteiger partial charge is 0.312 e. The Morgan fingerprint density at radius 3 is 2.70 bits per heavy atom. The summed E-state index contributed by atoms with van der Waals surface area (Å²) in [5, 5.41) is 9.37. The van der Waals surface area contributed by atoms with E-state index >= 15 is 0 Å². The first kappa shape index (κ1) is 15.0. The van der Waals surface area contributed by atoms with Gasteiger partial charge in [-0.15, -0.1) is 0 Å². The van der Waals surface area contributed by atoms with Crippen LogP contribution in [-0.4, -0.2) is 49.3 Å².